The molecule has 0 aliphatic carbocycles. The van der Waals surface area contributed by atoms with Gasteiger partial charge < -0.3 is 20.7 Å². The van der Waals surface area contributed by atoms with E-state index in [1.165, 1.54) is 0 Å². The van der Waals surface area contributed by atoms with Crippen molar-refractivity contribution in [3.05, 3.63) is 47.8 Å². The topological polar surface area (TPSA) is 93.4 Å². The van der Waals surface area contributed by atoms with Crippen LogP contribution < -0.4 is 15.8 Å². The molecule has 0 atom stereocenters. The van der Waals surface area contributed by atoms with Crippen LogP contribution in [0.25, 0.3) is 0 Å². The van der Waals surface area contributed by atoms with Crippen molar-refractivity contribution in [1.82, 2.24) is 14.9 Å². The minimum absolute atomic E-state index is 0.212. The second kappa shape index (κ2) is 7.94. The summed E-state index contributed by atoms with van der Waals surface area (Å²) in [6.45, 7) is 2.59. The van der Waals surface area contributed by atoms with Crippen LogP contribution >= 0.6 is 0 Å². The third-order valence-electron chi connectivity index (χ3n) is 4.29. The van der Waals surface area contributed by atoms with Crippen molar-refractivity contribution >= 4 is 11.7 Å². The quantitative estimate of drug-likeness (QED) is 0.830. The molecule has 3 heterocycles. The fourth-order valence-corrected chi connectivity index (χ4v) is 2.83. The van der Waals surface area contributed by atoms with Gasteiger partial charge in [0.2, 0.25) is 5.88 Å². The maximum Gasteiger partial charge on any atom is 0.252 e. The predicted octanol–water partition coefficient (Wildman–Crippen LogP) is 1.66. The molecule has 7 heteroatoms. The van der Waals surface area contributed by atoms with Gasteiger partial charge in [-0.1, -0.05) is 0 Å². The Hall–Kier alpha value is -2.67. The lowest BCUT2D eigenvalue weighted by atomic mass is 10.1. The number of carbonyl (C=O) groups is 1. The molecule has 1 amide bonds. The summed E-state index contributed by atoms with van der Waals surface area (Å²) in [5, 5.41) is 3.15. The van der Waals surface area contributed by atoms with Crippen molar-refractivity contribution in [2.24, 2.45) is 5.73 Å². The molecule has 25 heavy (non-hydrogen) atoms. The Morgan fingerprint density at radius 1 is 1.32 bits per heavy atom. The highest BCUT2D eigenvalue weighted by Gasteiger charge is 2.18. The monoisotopic (exact) mass is 341 g/mol. The Morgan fingerprint density at radius 2 is 2.12 bits per heavy atom. The average Bonchev–Trinajstić information content (AvgIpc) is 2.62. The Kier molecular flexibility index (Phi) is 5.45. The largest absolute Gasteiger partial charge is 0.474 e. The maximum atomic E-state index is 11.4. The fraction of sp³-hybridized carbons (Fsp3) is 0.389. The molecule has 3 N–H and O–H groups in total. The fourth-order valence-electron chi connectivity index (χ4n) is 2.83. The van der Waals surface area contributed by atoms with Crippen molar-refractivity contribution in [3.8, 4) is 5.88 Å². The Labute approximate surface area is 147 Å². The highest BCUT2D eigenvalue weighted by molar-refractivity contribution is 5.97. The Balaban J connectivity index is 1.61. The number of pyridine rings is 2. The van der Waals surface area contributed by atoms with Crippen molar-refractivity contribution in [3.63, 3.8) is 0 Å². The number of primary amides is 1. The van der Waals surface area contributed by atoms with Crippen molar-refractivity contribution in [2.75, 3.05) is 25.5 Å². The predicted molar refractivity (Wildman–Crippen MR) is 95.5 cm³/mol. The number of amides is 1. The molecule has 1 aliphatic rings. The van der Waals surface area contributed by atoms with Crippen LogP contribution in [0.4, 0.5) is 5.82 Å². The molecule has 1 fully saturated rings. The van der Waals surface area contributed by atoms with Gasteiger partial charge in [-0.15, -0.1) is 0 Å². The zero-order chi connectivity index (χ0) is 17.6. The van der Waals surface area contributed by atoms with Crippen molar-refractivity contribution in [1.29, 1.82) is 0 Å². The van der Waals surface area contributed by atoms with Gasteiger partial charge >= 0.3 is 0 Å². The lowest BCUT2D eigenvalue weighted by Crippen LogP contribution is -2.35. The zero-order valence-corrected chi connectivity index (χ0v) is 14.3. The van der Waals surface area contributed by atoms with Gasteiger partial charge in [-0.2, -0.15) is 0 Å². The van der Waals surface area contributed by atoms with Gasteiger partial charge in [0.1, 0.15) is 11.9 Å². The lowest BCUT2D eigenvalue weighted by molar-refractivity contribution is 0.100. The summed E-state index contributed by atoms with van der Waals surface area (Å²) >= 11 is 0. The minimum Gasteiger partial charge on any atom is -0.474 e. The van der Waals surface area contributed by atoms with E-state index < -0.39 is 5.91 Å². The smallest absolute Gasteiger partial charge is 0.252 e. The van der Waals surface area contributed by atoms with E-state index in [1.54, 1.807) is 24.5 Å². The first kappa shape index (κ1) is 17.2. The van der Waals surface area contributed by atoms with Crippen LogP contribution in [0, 0.1) is 0 Å². The lowest BCUT2D eigenvalue weighted by Gasteiger charge is -2.28. The summed E-state index contributed by atoms with van der Waals surface area (Å²) in [5.41, 5.74) is 6.74. The first-order chi connectivity index (χ1) is 12.1. The number of carbonyl (C=O) groups excluding carboxylic acids is 1. The molecule has 3 rings (SSSR count). The Bertz CT molecular complexity index is 729. The number of nitrogens with two attached hydrogens (primary N) is 1. The molecule has 0 aromatic carbocycles. The number of hydrogen-bond donors (Lipinski definition) is 2. The van der Waals surface area contributed by atoms with E-state index in [0.29, 0.717) is 23.8 Å². The average molecular weight is 341 g/mol. The van der Waals surface area contributed by atoms with Crippen LogP contribution in [0.1, 0.15) is 28.8 Å². The van der Waals surface area contributed by atoms with E-state index in [0.717, 1.165) is 31.5 Å². The second-order valence-electron chi connectivity index (χ2n) is 6.24. The maximum absolute atomic E-state index is 11.4. The highest BCUT2D eigenvalue weighted by atomic mass is 16.5. The number of anilines is 1. The SMILES string of the molecule is CN1CCC(Oc2cc(CNc3ncccc3C(N)=O)ccn2)CC1. The second-order valence-corrected chi connectivity index (χ2v) is 6.24. The van der Waals surface area contributed by atoms with E-state index in [1.807, 2.05) is 12.1 Å². The Morgan fingerprint density at radius 3 is 2.88 bits per heavy atom. The molecular formula is C18H23N5O2. The molecule has 7 nitrogen and oxygen atoms in total. The summed E-state index contributed by atoms with van der Waals surface area (Å²) in [4.78, 5) is 22.2. The normalized spacial score (nSPS) is 15.7. The van der Waals surface area contributed by atoms with Gasteiger partial charge in [-0.05, 0) is 43.7 Å². The van der Waals surface area contributed by atoms with Crippen molar-refractivity contribution in [2.45, 2.75) is 25.5 Å². The van der Waals surface area contributed by atoms with E-state index >= 15 is 0 Å². The number of likely N-dealkylation sites (tertiary alicyclic amines) is 1. The first-order valence-corrected chi connectivity index (χ1v) is 8.40. The third-order valence-corrected chi connectivity index (χ3v) is 4.29. The van der Waals surface area contributed by atoms with Crippen LogP contribution in [0.2, 0.25) is 0 Å². The number of nitrogens with zero attached hydrogens (tertiary/aromatic N) is 3. The van der Waals surface area contributed by atoms with Crippen LogP contribution in [-0.4, -0.2) is 47.0 Å². The molecule has 0 spiro atoms. The summed E-state index contributed by atoms with van der Waals surface area (Å²) in [6.07, 6.45) is 5.59. The van der Waals surface area contributed by atoms with Crippen LogP contribution in [0.15, 0.2) is 36.7 Å². The highest BCUT2D eigenvalue weighted by Crippen LogP contribution is 2.18. The minimum atomic E-state index is -0.503. The number of piperidine rings is 1. The van der Waals surface area contributed by atoms with Crippen LogP contribution in [0.3, 0.4) is 0 Å². The zero-order valence-electron chi connectivity index (χ0n) is 14.3. The third kappa shape index (κ3) is 4.67. The summed E-state index contributed by atoms with van der Waals surface area (Å²) in [5.74, 6) is 0.603. The van der Waals surface area contributed by atoms with Gasteiger partial charge in [0.15, 0.2) is 0 Å². The summed E-state index contributed by atoms with van der Waals surface area (Å²) < 4.78 is 6.00. The number of hydrogen-bond acceptors (Lipinski definition) is 6. The molecule has 1 saturated heterocycles. The standard InChI is InChI=1S/C18H23N5O2/c1-23-9-5-14(6-10-23)25-16-11-13(4-8-20-16)12-22-18-15(17(19)24)3-2-7-21-18/h2-4,7-8,11,14H,5-6,9-10,12H2,1H3,(H2,19,24)(H,21,22). The molecule has 0 unspecified atom stereocenters. The number of nitrogens with one attached hydrogen (secondary N) is 1. The van der Waals surface area contributed by atoms with E-state index in [4.69, 9.17) is 10.5 Å². The van der Waals surface area contributed by atoms with Gasteiger partial charge in [-0.3, -0.25) is 4.79 Å². The number of aromatic nitrogens is 2. The molecule has 2 aromatic heterocycles. The molecular weight excluding hydrogens is 318 g/mol. The molecule has 0 radical (unpaired) electrons. The van der Waals surface area contributed by atoms with Crippen molar-refractivity contribution < 1.29 is 9.53 Å². The number of ether oxygens (including phenoxy) is 1. The van der Waals surface area contributed by atoms with E-state index in [9.17, 15) is 4.79 Å². The first-order valence-electron chi connectivity index (χ1n) is 8.40. The van der Waals surface area contributed by atoms with Gasteiger partial charge in [-0.25, -0.2) is 9.97 Å². The van der Waals surface area contributed by atoms with E-state index in [2.05, 4.69) is 27.2 Å². The summed E-state index contributed by atoms with van der Waals surface area (Å²) in [6, 6.07) is 7.16. The number of rotatable bonds is 6. The molecule has 1 aliphatic heterocycles. The van der Waals surface area contributed by atoms with Gasteiger partial charge in [0.25, 0.3) is 5.91 Å². The van der Waals surface area contributed by atoms with Crippen LogP contribution in [0.5, 0.6) is 5.88 Å². The molecule has 0 saturated carbocycles. The van der Waals surface area contributed by atoms with Gasteiger partial charge in [0.05, 0.1) is 5.56 Å². The van der Waals surface area contributed by atoms with E-state index in [-0.39, 0.29) is 6.10 Å². The molecule has 2 aromatic rings. The van der Waals surface area contributed by atoms with Gasteiger partial charge in [0, 0.05) is 38.1 Å². The summed E-state index contributed by atoms with van der Waals surface area (Å²) in [7, 11) is 2.12. The van der Waals surface area contributed by atoms with Crippen LogP contribution in [-0.2, 0) is 6.54 Å². The molecule has 132 valence electrons. The molecule has 0 bridgehead atoms.